The van der Waals surface area contributed by atoms with Crippen molar-refractivity contribution in [1.29, 1.82) is 0 Å². The van der Waals surface area contributed by atoms with Crippen molar-refractivity contribution in [3.63, 3.8) is 0 Å². The second-order valence-corrected chi connectivity index (χ2v) is 7.74. The summed E-state index contributed by atoms with van der Waals surface area (Å²) in [5, 5.41) is 0. The van der Waals surface area contributed by atoms with Crippen LogP contribution < -0.4 is 4.74 Å². The summed E-state index contributed by atoms with van der Waals surface area (Å²) in [6.07, 6.45) is 2.05. The van der Waals surface area contributed by atoms with Crippen molar-refractivity contribution >= 4 is 35.7 Å². The zero-order valence-electron chi connectivity index (χ0n) is 10.6. The van der Waals surface area contributed by atoms with Crippen molar-refractivity contribution in [3.8, 4) is 5.75 Å². The molecule has 0 aromatic heterocycles. The van der Waals surface area contributed by atoms with Gasteiger partial charge < -0.3 is 4.74 Å². The summed E-state index contributed by atoms with van der Waals surface area (Å²) in [7, 11) is 1.03. The Balaban J connectivity index is 2.91. The van der Waals surface area contributed by atoms with Crippen LogP contribution in [0.5, 0.6) is 5.75 Å². The molecule has 1 unspecified atom stereocenters. The van der Waals surface area contributed by atoms with E-state index < -0.39 is 19.8 Å². The zero-order chi connectivity index (χ0) is 14.6. The lowest BCUT2D eigenvalue weighted by Gasteiger charge is -2.14. The molecule has 0 aliphatic heterocycles. The van der Waals surface area contributed by atoms with E-state index in [2.05, 4.69) is 22.9 Å². The minimum atomic E-state index is -4.10. The Morgan fingerprint density at radius 1 is 1.47 bits per heavy atom. The van der Waals surface area contributed by atoms with E-state index in [9.17, 15) is 12.8 Å². The summed E-state index contributed by atoms with van der Waals surface area (Å²) >= 11 is 3.15. The van der Waals surface area contributed by atoms with Gasteiger partial charge in [-0.1, -0.05) is 20.3 Å². The highest BCUT2D eigenvalue weighted by molar-refractivity contribution is 9.10. The second kappa shape index (κ2) is 6.90. The van der Waals surface area contributed by atoms with E-state index in [4.69, 9.17) is 15.4 Å². The lowest BCUT2D eigenvalue weighted by molar-refractivity contribution is 0.249. The van der Waals surface area contributed by atoms with Crippen LogP contribution in [0, 0.1) is 11.7 Å². The summed E-state index contributed by atoms with van der Waals surface area (Å²) < 4.78 is 41.7. The topological polar surface area (TPSA) is 43.4 Å². The van der Waals surface area contributed by atoms with Crippen molar-refractivity contribution in [1.82, 2.24) is 0 Å². The van der Waals surface area contributed by atoms with Gasteiger partial charge in [0.05, 0.1) is 11.1 Å². The minimum absolute atomic E-state index is 0.268. The highest BCUT2D eigenvalue weighted by Gasteiger charge is 2.19. The molecule has 1 aromatic carbocycles. The Morgan fingerprint density at radius 2 is 2.11 bits per heavy atom. The molecule has 0 saturated carbocycles. The van der Waals surface area contributed by atoms with Crippen LogP contribution >= 0.6 is 26.6 Å². The molecule has 0 N–H and O–H groups in total. The molecule has 0 saturated heterocycles. The van der Waals surface area contributed by atoms with Crippen LogP contribution in [0.1, 0.15) is 26.7 Å². The average Bonchev–Trinajstić information content (AvgIpc) is 2.28. The monoisotopic (exact) mass is 372 g/mol. The van der Waals surface area contributed by atoms with E-state index in [0.29, 0.717) is 17.0 Å². The molecule has 0 radical (unpaired) electrons. The third-order valence-corrected chi connectivity index (χ3v) is 4.51. The molecule has 0 amide bonds. The first-order chi connectivity index (χ1) is 8.75. The Bertz CT molecular complexity index is 548. The first-order valence-electron chi connectivity index (χ1n) is 5.82. The highest BCUT2D eigenvalue weighted by Crippen LogP contribution is 2.32. The molecule has 1 rings (SSSR count). The summed E-state index contributed by atoms with van der Waals surface area (Å²) in [5.41, 5.74) is 0. The molecule has 19 heavy (non-hydrogen) atoms. The lowest BCUT2D eigenvalue weighted by atomic mass is 10.1. The summed E-state index contributed by atoms with van der Waals surface area (Å²) in [6, 6.07) is 2.13. The quantitative estimate of drug-likeness (QED) is 0.697. The van der Waals surface area contributed by atoms with Gasteiger partial charge >= 0.3 is 0 Å². The lowest BCUT2D eigenvalue weighted by Crippen LogP contribution is -2.09. The molecule has 0 aliphatic carbocycles. The van der Waals surface area contributed by atoms with Gasteiger partial charge in [0.15, 0.2) is 0 Å². The highest BCUT2D eigenvalue weighted by atomic mass is 79.9. The molecule has 0 aliphatic rings. The third-order valence-electron chi connectivity index (χ3n) is 2.55. The van der Waals surface area contributed by atoms with E-state index in [1.165, 1.54) is 0 Å². The molecule has 0 bridgehead atoms. The van der Waals surface area contributed by atoms with Crippen LogP contribution in [0.3, 0.4) is 0 Å². The van der Waals surface area contributed by atoms with Crippen LogP contribution in [0.2, 0.25) is 0 Å². The summed E-state index contributed by atoms with van der Waals surface area (Å²) in [4.78, 5) is -0.560. The van der Waals surface area contributed by atoms with Crippen LogP contribution in [-0.2, 0) is 9.05 Å². The fourth-order valence-corrected chi connectivity index (χ4v) is 3.13. The van der Waals surface area contributed by atoms with Gasteiger partial charge in [0.25, 0.3) is 9.05 Å². The molecule has 3 nitrogen and oxygen atoms in total. The van der Waals surface area contributed by atoms with E-state index in [1.54, 1.807) is 0 Å². The van der Waals surface area contributed by atoms with E-state index in [1.807, 2.05) is 6.92 Å². The van der Waals surface area contributed by atoms with Crippen molar-refractivity contribution in [3.05, 3.63) is 22.4 Å². The van der Waals surface area contributed by atoms with Crippen LogP contribution in [0.15, 0.2) is 21.5 Å². The Labute approximate surface area is 125 Å². The van der Waals surface area contributed by atoms with Crippen molar-refractivity contribution < 1.29 is 17.5 Å². The standard InChI is InChI=1S/C12H15BrClFO3S/c1-3-4-8(2)7-18-11-6-10(15)12(5-9(11)13)19(14,16)17/h5-6,8H,3-4,7H2,1-2H3. The summed E-state index contributed by atoms with van der Waals surface area (Å²) in [5.74, 6) is -0.308. The van der Waals surface area contributed by atoms with Crippen LogP contribution in [-0.4, -0.2) is 15.0 Å². The Morgan fingerprint density at radius 3 is 2.63 bits per heavy atom. The molecular weight excluding hydrogens is 359 g/mol. The molecule has 0 heterocycles. The zero-order valence-corrected chi connectivity index (χ0v) is 13.8. The number of hydrogen-bond donors (Lipinski definition) is 0. The van der Waals surface area contributed by atoms with Gasteiger partial charge in [0, 0.05) is 16.7 Å². The molecule has 1 atom stereocenters. The SMILES string of the molecule is CCCC(C)COc1cc(F)c(S(=O)(=O)Cl)cc1Br. The molecule has 1 aromatic rings. The van der Waals surface area contributed by atoms with Crippen molar-refractivity contribution in [2.75, 3.05) is 6.61 Å². The first kappa shape index (κ1) is 16.7. The predicted octanol–water partition coefficient (Wildman–Crippen LogP) is 4.33. The first-order valence-corrected chi connectivity index (χ1v) is 8.92. The predicted molar refractivity (Wildman–Crippen MR) is 76.7 cm³/mol. The Kier molecular flexibility index (Phi) is 6.08. The van der Waals surface area contributed by atoms with Crippen molar-refractivity contribution in [2.24, 2.45) is 5.92 Å². The molecule has 7 heteroatoms. The number of rotatable bonds is 6. The van der Waals surface area contributed by atoms with Crippen LogP contribution in [0.25, 0.3) is 0 Å². The maximum atomic E-state index is 13.6. The summed E-state index contributed by atoms with van der Waals surface area (Å²) in [6.45, 7) is 4.55. The Hall–Kier alpha value is -0.330. The van der Waals surface area contributed by atoms with Gasteiger partial charge in [-0.3, -0.25) is 0 Å². The van der Waals surface area contributed by atoms with Gasteiger partial charge in [-0.05, 0) is 34.3 Å². The van der Waals surface area contributed by atoms with E-state index >= 15 is 0 Å². The van der Waals surface area contributed by atoms with Crippen LogP contribution in [0.4, 0.5) is 4.39 Å². The molecule has 0 fully saturated rings. The second-order valence-electron chi connectivity index (χ2n) is 4.36. The number of halogens is 3. The maximum Gasteiger partial charge on any atom is 0.264 e. The van der Waals surface area contributed by atoms with Gasteiger partial charge in [-0.2, -0.15) is 0 Å². The average molecular weight is 374 g/mol. The number of hydrogen-bond acceptors (Lipinski definition) is 3. The molecular formula is C12H15BrClFO3S. The normalized spacial score (nSPS) is 13.3. The molecule has 108 valence electrons. The van der Waals surface area contributed by atoms with E-state index in [-0.39, 0.29) is 5.75 Å². The van der Waals surface area contributed by atoms with Gasteiger partial charge in [-0.25, -0.2) is 12.8 Å². The van der Waals surface area contributed by atoms with Gasteiger partial charge in [0.1, 0.15) is 16.5 Å². The van der Waals surface area contributed by atoms with Gasteiger partial charge in [0.2, 0.25) is 0 Å². The third kappa shape index (κ3) is 4.93. The fourth-order valence-electron chi connectivity index (χ4n) is 1.62. The minimum Gasteiger partial charge on any atom is -0.492 e. The maximum absolute atomic E-state index is 13.6. The largest absolute Gasteiger partial charge is 0.492 e. The molecule has 0 spiro atoms. The number of ether oxygens (including phenoxy) is 1. The van der Waals surface area contributed by atoms with Crippen molar-refractivity contribution in [2.45, 2.75) is 31.6 Å². The van der Waals surface area contributed by atoms with Gasteiger partial charge in [-0.15, -0.1) is 0 Å². The fraction of sp³-hybridized carbons (Fsp3) is 0.500. The van der Waals surface area contributed by atoms with E-state index in [0.717, 1.165) is 25.0 Å². The number of benzene rings is 1. The smallest absolute Gasteiger partial charge is 0.264 e.